The summed E-state index contributed by atoms with van der Waals surface area (Å²) in [5.74, 6) is 0. The van der Waals surface area contributed by atoms with Crippen LogP contribution < -0.4 is 5.73 Å². The average molecular weight is 738 g/mol. The molecule has 0 amide bonds. The van der Waals surface area contributed by atoms with Crippen molar-refractivity contribution in [2.75, 3.05) is 7.05 Å². The van der Waals surface area contributed by atoms with Crippen LogP contribution in [0.5, 0.6) is 0 Å². The molecule has 0 unspecified atom stereocenters. The van der Waals surface area contributed by atoms with E-state index in [1.165, 1.54) is 112 Å². The molecule has 0 saturated heterocycles. The van der Waals surface area contributed by atoms with E-state index < -0.39 is 0 Å². The van der Waals surface area contributed by atoms with Crippen molar-refractivity contribution in [1.29, 1.82) is 0 Å². The Morgan fingerprint density at radius 2 is 1.42 bits per heavy atom. The van der Waals surface area contributed by atoms with Crippen LogP contribution in [-0.4, -0.2) is 7.05 Å². The maximum atomic E-state index is 4.52. The number of aryl methyl sites for hydroxylation is 3. The Morgan fingerprint density at radius 3 is 2.05 bits per heavy atom. The molecular weight excluding hydrogens is 663 g/mol. The lowest BCUT2D eigenvalue weighted by molar-refractivity contribution is 0.616. The zero-order chi connectivity index (χ0) is 41.3. The van der Waals surface area contributed by atoms with Gasteiger partial charge in [0, 0.05) is 10.8 Å². The van der Waals surface area contributed by atoms with Gasteiger partial charge in [-0.15, -0.1) is 6.58 Å². The summed E-state index contributed by atoms with van der Waals surface area (Å²) in [6.45, 7) is 35.0. The maximum absolute atomic E-state index is 4.52. The average Bonchev–Trinajstić information content (AvgIpc) is 3.45. The Morgan fingerprint density at radius 1 is 0.782 bits per heavy atom. The van der Waals surface area contributed by atoms with E-state index in [0.29, 0.717) is 0 Å². The quantitative estimate of drug-likeness (QED) is 0.112. The van der Waals surface area contributed by atoms with Gasteiger partial charge in [-0.25, -0.2) is 0 Å². The van der Waals surface area contributed by atoms with Crippen molar-refractivity contribution >= 4 is 17.2 Å². The van der Waals surface area contributed by atoms with Crippen molar-refractivity contribution in [3.8, 4) is 0 Å². The molecule has 296 valence electrons. The maximum Gasteiger partial charge on any atom is 0.0143 e. The summed E-state index contributed by atoms with van der Waals surface area (Å²) in [5, 5.41) is 0. The van der Waals surface area contributed by atoms with Crippen molar-refractivity contribution in [2.24, 2.45) is 5.73 Å². The van der Waals surface area contributed by atoms with Gasteiger partial charge in [0.1, 0.15) is 0 Å². The van der Waals surface area contributed by atoms with Crippen LogP contribution >= 0.6 is 0 Å². The highest BCUT2D eigenvalue weighted by molar-refractivity contribution is 6.03. The predicted molar refractivity (Wildman–Crippen MR) is 250 cm³/mol. The second kappa shape index (κ2) is 22.4. The second-order valence-electron chi connectivity index (χ2n) is 16.0. The number of nitrogens with two attached hydrogens (primary N) is 1. The van der Waals surface area contributed by atoms with Gasteiger partial charge in [-0.2, -0.15) is 0 Å². The van der Waals surface area contributed by atoms with Crippen LogP contribution in [0, 0.1) is 13.8 Å². The van der Waals surface area contributed by atoms with Gasteiger partial charge in [0.05, 0.1) is 0 Å². The Hall–Kier alpha value is -4.20. The fourth-order valence-corrected chi connectivity index (χ4v) is 7.69. The number of hydrogen-bond donors (Lipinski definition) is 1. The summed E-state index contributed by atoms with van der Waals surface area (Å²) in [6, 6.07) is 22.1. The first-order chi connectivity index (χ1) is 26.2. The zero-order valence-electron chi connectivity index (χ0n) is 37.2. The van der Waals surface area contributed by atoms with Crippen molar-refractivity contribution < 1.29 is 0 Å². The molecule has 0 bridgehead atoms. The lowest BCUT2D eigenvalue weighted by Crippen LogP contribution is -2.23. The van der Waals surface area contributed by atoms with E-state index in [1.54, 1.807) is 0 Å². The van der Waals surface area contributed by atoms with E-state index in [0.717, 1.165) is 18.4 Å². The minimum atomic E-state index is -0.150. The molecule has 0 spiro atoms. The first kappa shape index (κ1) is 47.0. The van der Waals surface area contributed by atoms with Gasteiger partial charge in [0.2, 0.25) is 0 Å². The molecule has 0 fully saturated rings. The molecule has 0 saturated carbocycles. The molecule has 3 aromatic carbocycles. The highest BCUT2D eigenvalue weighted by atomic mass is 14.4. The highest BCUT2D eigenvalue weighted by Gasteiger charge is 2.29. The molecule has 5 rings (SSSR count). The molecule has 0 atom stereocenters. The van der Waals surface area contributed by atoms with E-state index in [-0.39, 0.29) is 10.8 Å². The van der Waals surface area contributed by atoms with Crippen LogP contribution in [0.2, 0.25) is 0 Å². The number of fused-ring (bicyclic) bond motifs is 2. The van der Waals surface area contributed by atoms with E-state index in [4.69, 9.17) is 0 Å². The fourth-order valence-electron chi connectivity index (χ4n) is 7.69. The van der Waals surface area contributed by atoms with Gasteiger partial charge in [-0.1, -0.05) is 183 Å². The van der Waals surface area contributed by atoms with E-state index in [1.807, 2.05) is 13.8 Å². The third-order valence-electron chi connectivity index (χ3n) is 11.4. The van der Waals surface area contributed by atoms with Gasteiger partial charge >= 0.3 is 0 Å². The third-order valence-corrected chi connectivity index (χ3v) is 11.4. The van der Waals surface area contributed by atoms with Gasteiger partial charge in [0.15, 0.2) is 0 Å². The summed E-state index contributed by atoms with van der Waals surface area (Å²) in [6.07, 6.45) is 22.8. The van der Waals surface area contributed by atoms with Crippen molar-refractivity contribution in [3.05, 3.63) is 171 Å². The predicted octanol–water partition coefficient (Wildman–Crippen LogP) is 15.6. The SMILES string of the molecule is C=C(/C=C/C1=C(C)\C(=C\C=C(\C)C(C)(C)c2c(C)ccc3c2C=CCC3)c2ccccc21)C(C)(C)c1ccccc1C.C=C(C)CCCCCC.CC.CN. The monoisotopic (exact) mass is 738 g/mol. The molecular formula is C54H75N. The molecule has 2 N–H and O–H groups in total. The number of rotatable bonds is 12. The molecule has 2 aliphatic rings. The van der Waals surface area contributed by atoms with Crippen LogP contribution in [0.25, 0.3) is 17.2 Å². The lowest BCUT2D eigenvalue weighted by atomic mass is 9.72. The Kier molecular flexibility index (Phi) is 19.1. The zero-order valence-corrected chi connectivity index (χ0v) is 37.2. The summed E-state index contributed by atoms with van der Waals surface area (Å²) in [5.41, 5.74) is 22.9. The molecule has 0 radical (unpaired) electrons. The molecule has 0 heterocycles. The smallest absolute Gasteiger partial charge is 0.0143 e. The van der Waals surface area contributed by atoms with Crippen LogP contribution in [0.15, 0.2) is 126 Å². The highest BCUT2D eigenvalue weighted by Crippen LogP contribution is 2.44. The fraction of sp³-hybridized carbons (Fsp3) is 0.407. The first-order valence-electron chi connectivity index (χ1n) is 20.9. The molecule has 2 aliphatic carbocycles. The van der Waals surface area contributed by atoms with Crippen LogP contribution in [-0.2, 0) is 17.3 Å². The topological polar surface area (TPSA) is 26.0 Å². The second-order valence-corrected chi connectivity index (χ2v) is 16.0. The summed E-state index contributed by atoms with van der Waals surface area (Å²) in [7, 11) is 1.50. The van der Waals surface area contributed by atoms with Crippen LogP contribution in [0.4, 0.5) is 0 Å². The van der Waals surface area contributed by atoms with E-state index in [9.17, 15) is 0 Å². The van der Waals surface area contributed by atoms with E-state index >= 15 is 0 Å². The van der Waals surface area contributed by atoms with Gasteiger partial charge < -0.3 is 5.73 Å². The normalized spacial score (nSPS) is 14.3. The van der Waals surface area contributed by atoms with Crippen molar-refractivity contribution in [3.63, 3.8) is 0 Å². The first-order valence-corrected chi connectivity index (χ1v) is 20.9. The summed E-state index contributed by atoms with van der Waals surface area (Å²) < 4.78 is 0. The molecule has 1 heteroatoms. The van der Waals surface area contributed by atoms with Gasteiger partial charge in [-0.3, -0.25) is 0 Å². The summed E-state index contributed by atoms with van der Waals surface area (Å²) in [4.78, 5) is 0. The molecule has 3 aromatic rings. The minimum Gasteiger partial charge on any atom is -0.333 e. The van der Waals surface area contributed by atoms with E-state index in [2.05, 4.69) is 185 Å². The van der Waals surface area contributed by atoms with Crippen LogP contribution in [0.3, 0.4) is 0 Å². The Bertz CT molecular complexity index is 1890. The molecule has 55 heavy (non-hydrogen) atoms. The van der Waals surface area contributed by atoms with Gasteiger partial charge in [-0.05, 0) is 134 Å². The number of benzene rings is 3. The third kappa shape index (κ3) is 11.9. The van der Waals surface area contributed by atoms with Crippen molar-refractivity contribution in [1.82, 2.24) is 0 Å². The molecule has 0 aromatic heterocycles. The molecule has 1 nitrogen and oxygen atoms in total. The number of allylic oxidation sites excluding steroid dienone is 11. The number of unbranched alkanes of at least 4 members (excludes halogenated alkanes) is 3. The Balaban J connectivity index is 0.000000700. The largest absolute Gasteiger partial charge is 0.333 e. The van der Waals surface area contributed by atoms with Crippen LogP contribution in [0.1, 0.15) is 152 Å². The lowest BCUT2D eigenvalue weighted by Gasteiger charge is -2.32. The minimum absolute atomic E-state index is 0.0778. The molecule has 0 aliphatic heterocycles. The Labute approximate surface area is 338 Å². The van der Waals surface area contributed by atoms with Gasteiger partial charge in [0.25, 0.3) is 0 Å². The summed E-state index contributed by atoms with van der Waals surface area (Å²) >= 11 is 0. The standard InChI is InChI=1S/C42H46.C9H18.C2H6.CH5N/c1-28-16-10-15-21-39(28)41(6,7)30(3)23-26-34-32(5)35(38-20-14-13-19-37(34)38)27-24-31(4)42(8,9)40-29(2)22-25-33-17-11-12-18-36(33)40;1-4-5-6-7-8-9(2)3;2*1-2/h10,12-16,18-27H,3,11,17H2,1-2,4-9H3;2,4-8H2,1,3H3;1-2H3;2H2,1H3/b26-23+,31-24-,35-27-;;;. The van der Waals surface area contributed by atoms with Crippen molar-refractivity contribution in [2.45, 2.75) is 139 Å². The number of hydrogen-bond acceptors (Lipinski definition) is 1.